The Kier molecular flexibility index (Phi) is 5.10. The maximum absolute atomic E-state index is 12.6. The molecule has 0 radical (unpaired) electrons. The maximum Gasteiger partial charge on any atom is 0.400 e. The number of nitrogens with two attached hydrogens (primary N) is 1. The second-order valence-electron chi connectivity index (χ2n) is 3.88. The van der Waals surface area contributed by atoms with Crippen LogP contribution in [0.2, 0.25) is 0 Å². The molecule has 0 aliphatic heterocycles. The molecule has 18 heavy (non-hydrogen) atoms. The Bertz CT molecular complexity index is 394. The largest absolute Gasteiger partial charge is 0.400 e. The molecule has 1 rings (SSSR count). The lowest BCUT2D eigenvalue weighted by molar-refractivity contribution is -0.171. The fraction of sp³-hybridized carbons (Fsp3) is 0.417. The normalized spacial score (nSPS) is 15.1. The van der Waals surface area contributed by atoms with Crippen molar-refractivity contribution in [2.45, 2.75) is 19.2 Å². The van der Waals surface area contributed by atoms with Gasteiger partial charge in [0.15, 0.2) is 0 Å². The molecule has 0 aliphatic carbocycles. The van der Waals surface area contributed by atoms with Crippen LogP contribution in [-0.2, 0) is 4.74 Å². The minimum Gasteiger partial charge on any atom is -0.393 e. The van der Waals surface area contributed by atoms with Gasteiger partial charge in [0, 0.05) is 0 Å². The first-order valence-electron chi connectivity index (χ1n) is 5.35. The monoisotopic (exact) mass is 277 g/mol. The molecule has 2 nitrogen and oxygen atoms in total. The van der Waals surface area contributed by atoms with E-state index in [-0.39, 0.29) is 0 Å². The Hall–Kier alpha value is -1.14. The maximum atomic E-state index is 12.6. The van der Waals surface area contributed by atoms with Crippen molar-refractivity contribution >= 4 is 17.2 Å². The van der Waals surface area contributed by atoms with Crippen LogP contribution >= 0.6 is 12.2 Å². The molecule has 2 N–H and O–H groups in total. The van der Waals surface area contributed by atoms with Crippen LogP contribution in [0, 0.1) is 5.92 Å². The highest BCUT2D eigenvalue weighted by Gasteiger charge is 2.42. The van der Waals surface area contributed by atoms with Crippen molar-refractivity contribution in [3.05, 3.63) is 35.9 Å². The first kappa shape index (κ1) is 14.9. The number of hydrogen-bond donors (Lipinski definition) is 1. The molecule has 0 fully saturated rings. The second-order valence-corrected chi connectivity index (χ2v) is 4.35. The number of alkyl halides is 3. The Morgan fingerprint density at radius 3 is 2.33 bits per heavy atom. The fourth-order valence-electron chi connectivity index (χ4n) is 1.40. The molecule has 1 aromatic carbocycles. The molecule has 0 amide bonds. The number of ether oxygens (including phenoxy) is 1. The molecule has 0 saturated heterocycles. The Balaban J connectivity index is 2.61. The topological polar surface area (TPSA) is 35.2 Å². The van der Waals surface area contributed by atoms with Crippen LogP contribution in [-0.4, -0.2) is 17.8 Å². The number of benzene rings is 1. The third kappa shape index (κ3) is 4.27. The average Bonchev–Trinajstić information content (AvgIpc) is 2.28. The van der Waals surface area contributed by atoms with E-state index in [1.54, 1.807) is 31.2 Å². The van der Waals surface area contributed by atoms with Crippen LogP contribution in [0.15, 0.2) is 30.3 Å². The summed E-state index contributed by atoms with van der Waals surface area (Å²) in [5.74, 6) is -1.90. The fourth-order valence-corrected chi connectivity index (χ4v) is 1.60. The summed E-state index contributed by atoms with van der Waals surface area (Å²) < 4.78 is 42.9. The minimum atomic E-state index is -4.47. The Labute approximate surface area is 109 Å². The summed E-state index contributed by atoms with van der Waals surface area (Å²) in [6.07, 6.45) is -4.91. The highest BCUT2D eigenvalue weighted by Crippen LogP contribution is 2.28. The van der Waals surface area contributed by atoms with Gasteiger partial charge >= 0.3 is 6.18 Å². The van der Waals surface area contributed by atoms with E-state index in [1.807, 2.05) is 6.07 Å². The molecule has 1 aromatic rings. The van der Waals surface area contributed by atoms with Gasteiger partial charge in [-0.3, -0.25) is 0 Å². The van der Waals surface area contributed by atoms with E-state index in [9.17, 15) is 13.2 Å². The summed E-state index contributed by atoms with van der Waals surface area (Å²) in [6, 6.07) is 8.99. The van der Waals surface area contributed by atoms with Gasteiger partial charge in [0.05, 0.1) is 17.7 Å². The van der Waals surface area contributed by atoms with Crippen LogP contribution in [0.25, 0.3) is 0 Å². The molecule has 0 heterocycles. The standard InChI is InChI=1S/C12H14F3NOS/c1-8(9-5-3-2-4-6-9)17-7-10(11(16)18)12(13,14)15/h2-6,8,10H,7H2,1H3,(H2,16,18). The number of halogens is 3. The molecular formula is C12H14F3NOS. The van der Waals surface area contributed by atoms with E-state index in [1.165, 1.54) is 0 Å². The predicted octanol–water partition coefficient (Wildman–Crippen LogP) is 3.23. The molecule has 0 aliphatic rings. The Morgan fingerprint density at radius 1 is 1.33 bits per heavy atom. The third-order valence-corrected chi connectivity index (χ3v) is 2.80. The van der Waals surface area contributed by atoms with Gasteiger partial charge in [-0.25, -0.2) is 0 Å². The summed E-state index contributed by atoms with van der Waals surface area (Å²) in [4.78, 5) is -0.595. The van der Waals surface area contributed by atoms with Gasteiger partial charge in [0.2, 0.25) is 0 Å². The molecule has 0 bridgehead atoms. The molecule has 0 aromatic heterocycles. The lowest BCUT2D eigenvalue weighted by atomic mass is 10.1. The number of hydrogen-bond acceptors (Lipinski definition) is 2. The number of rotatable bonds is 5. The smallest absolute Gasteiger partial charge is 0.393 e. The van der Waals surface area contributed by atoms with E-state index in [2.05, 4.69) is 12.2 Å². The minimum absolute atomic E-state index is 0.439. The van der Waals surface area contributed by atoms with Crippen LogP contribution in [0.1, 0.15) is 18.6 Å². The van der Waals surface area contributed by atoms with Gasteiger partial charge in [-0.2, -0.15) is 13.2 Å². The SMILES string of the molecule is CC(OCC(C(N)=S)C(F)(F)F)c1ccccc1. The van der Waals surface area contributed by atoms with E-state index >= 15 is 0 Å². The van der Waals surface area contributed by atoms with Gasteiger partial charge in [0.1, 0.15) is 5.92 Å². The van der Waals surface area contributed by atoms with Gasteiger partial charge in [-0.05, 0) is 12.5 Å². The lowest BCUT2D eigenvalue weighted by Gasteiger charge is -2.21. The highest BCUT2D eigenvalue weighted by atomic mass is 32.1. The van der Waals surface area contributed by atoms with Crippen LogP contribution in [0.3, 0.4) is 0 Å². The lowest BCUT2D eigenvalue weighted by Crippen LogP contribution is -2.38. The molecule has 2 unspecified atom stereocenters. The highest BCUT2D eigenvalue weighted by molar-refractivity contribution is 7.80. The van der Waals surface area contributed by atoms with Crippen molar-refractivity contribution < 1.29 is 17.9 Å². The van der Waals surface area contributed by atoms with E-state index < -0.39 is 29.8 Å². The van der Waals surface area contributed by atoms with Gasteiger partial charge in [0.25, 0.3) is 0 Å². The summed E-state index contributed by atoms with van der Waals surface area (Å²) in [6.45, 7) is 1.12. The van der Waals surface area contributed by atoms with Crippen molar-refractivity contribution in [2.75, 3.05) is 6.61 Å². The van der Waals surface area contributed by atoms with Gasteiger partial charge in [-0.15, -0.1) is 0 Å². The molecule has 2 atom stereocenters. The quantitative estimate of drug-likeness (QED) is 0.839. The molecular weight excluding hydrogens is 263 g/mol. The van der Waals surface area contributed by atoms with Gasteiger partial charge in [-0.1, -0.05) is 42.5 Å². The third-order valence-electron chi connectivity index (χ3n) is 2.52. The van der Waals surface area contributed by atoms with Crippen molar-refractivity contribution in [1.82, 2.24) is 0 Å². The second kappa shape index (κ2) is 6.15. The molecule has 0 spiro atoms. The van der Waals surface area contributed by atoms with Crippen LogP contribution < -0.4 is 5.73 Å². The summed E-state index contributed by atoms with van der Waals surface area (Å²) in [5.41, 5.74) is 5.89. The van der Waals surface area contributed by atoms with Gasteiger partial charge < -0.3 is 10.5 Å². The van der Waals surface area contributed by atoms with E-state index in [4.69, 9.17) is 10.5 Å². The van der Waals surface area contributed by atoms with Crippen molar-refractivity contribution in [3.63, 3.8) is 0 Å². The summed E-state index contributed by atoms with van der Waals surface area (Å²) in [5, 5.41) is 0. The predicted molar refractivity (Wildman–Crippen MR) is 67.1 cm³/mol. The van der Waals surface area contributed by atoms with E-state index in [0.717, 1.165) is 5.56 Å². The average molecular weight is 277 g/mol. The number of thiocarbonyl (C=S) groups is 1. The summed E-state index contributed by atoms with van der Waals surface area (Å²) in [7, 11) is 0. The Morgan fingerprint density at radius 2 is 1.89 bits per heavy atom. The first-order chi connectivity index (χ1) is 8.32. The van der Waals surface area contributed by atoms with Crippen molar-refractivity contribution in [1.29, 1.82) is 0 Å². The van der Waals surface area contributed by atoms with Crippen LogP contribution in [0.5, 0.6) is 0 Å². The zero-order chi connectivity index (χ0) is 13.8. The van der Waals surface area contributed by atoms with E-state index in [0.29, 0.717) is 0 Å². The van der Waals surface area contributed by atoms with Crippen LogP contribution in [0.4, 0.5) is 13.2 Å². The van der Waals surface area contributed by atoms with Crippen molar-refractivity contribution in [3.8, 4) is 0 Å². The molecule has 0 saturated carbocycles. The molecule has 6 heteroatoms. The summed E-state index contributed by atoms with van der Waals surface area (Å²) >= 11 is 4.41. The zero-order valence-electron chi connectivity index (χ0n) is 9.78. The molecule has 100 valence electrons. The van der Waals surface area contributed by atoms with Crippen molar-refractivity contribution in [2.24, 2.45) is 11.7 Å². The first-order valence-corrected chi connectivity index (χ1v) is 5.75. The zero-order valence-corrected chi connectivity index (χ0v) is 10.6.